The van der Waals surface area contributed by atoms with Gasteiger partial charge in [-0.2, -0.15) is 0 Å². The quantitative estimate of drug-likeness (QED) is 0.756. The van der Waals surface area contributed by atoms with Crippen molar-refractivity contribution in [1.29, 1.82) is 0 Å². The Morgan fingerprint density at radius 1 is 1.13 bits per heavy atom. The van der Waals surface area contributed by atoms with Gasteiger partial charge in [0.05, 0.1) is 0 Å². The summed E-state index contributed by atoms with van der Waals surface area (Å²) < 4.78 is 14.4. The average Bonchev–Trinajstić information content (AvgIpc) is 2.48. The molecular formula is C18H20BrFN2O. The van der Waals surface area contributed by atoms with Gasteiger partial charge in [-0.15, -0.1) is 0 Å². The van der Waals surface area contributed by atoms with Crippen molar-refractivity contribution in [1.82, 2.24) is 5.32 Å². The highest BCUT2D eigenvalue weighted by Gasteiger charge is 2.13. The van der Waals surface area contributed by atoms with Crippen LogP contribution in [0.25, 0.3) is 0 Å². The molecule has 0 aliphatic rings. The number of carbonyl (C=O) groups excluding carboxylic acids is 1. The number of urea groups is 1. The van der Waals surface area contributed by atoms with Crippen molar-refractivity contribution in [2.45, 2.75) is 32.7 Å². The Balaban J connectivity index is 1.93. The first kappa shape index (κ1) is 17.5. The largest absolute Gasteiger partial charge is 0.334 e. The number of nitrogens with one attached hydrogen (secondary N) is 2. The second kappa shape index (κ2) is 7.13. The lowest BCUT2D eigenvalue weighted by molar-refractivity contribution is 0.251. The zero-order valence-electron chi connectivity index (χ0n) is 13.4. The highest BCUT2D eigenvalue weighted by molar-refractivity contribution is 9.10. The van der Waals surface area contributed by atoms with E-state index in [1.807, 2.05) is 24.3 Å². The van der Waals surface area contributed by atoms with Crippen LogP contribution in [-0.4, -0.2) is 6.03 Å². The van der Waals surface area contributed by atoms with Crippen LogP contribution in [-0.2, 0) is 12.0 Å². The van der Waals surface area contributed by atoms with E-state index in [0.29, 0.717) is 11.3 Å². The van der Waals surface area contributed by atoms with Crippen molar-refractivity contribution < 1.29 is 9.18 Å². The number of amides is 2. The van der Waals surface area contributed by atoms with Crippen molar-refractivity contribution in [3.63, 3.8) is 0 Å². The first-order valence-electron chi connectivity index (χ1n) is 7.35. The molecule has 0 fully saturated rings. The number of benzene rings is 2. The summed E-state index contributed by atoms with van der Waals surface area (Å²) in [5.41, 5.74) is 2.39. The summed E-state index contributed by atoms with van der Waals surface area (Å²) in [5, 5.41) is 5.39. The van der Waals surface area contributed by atoms with Gasteiger partial charge in [0.1, 0.15) is 5.82 Å². The minimum absolute atomic E-state index is 0.0685. The third kappa shape index (κ3) is 5.06. The van der Waals surface area contributed by atoms with Crippen LogP contribution in [0.4, 0.5) is 14.9 Å². The number of hydrogen-bond acceptors (Lipinski definition) is 1. The van der Waals surface area contributed by atoms with Gasteiger partial charge in [-0.3, -0.25) is 0 Å². The fraction of sp³-hybridized carbons (Fsp3) is 0.278. The normalized spacial score (nSPS) is 11.2. The van der Waals surface area contributed by atoms with E-state index in [-0.39, 0.29) is 23.8 Å². The molecule has 0 aliphatic carbocycles. The van der Waals surface area contributed by atoms with Crippen LogP contribution in [0.2, 0.25) is 0 Å². The third-order valence-electron chi connectivity index (χ3n) is 3.46. The van der Waals surface area contributed by atoms with Crippen molar-refractivity contribution in [2.24, 2.45) is 0 Å². The number of halogens is 2. The molecule has 0 heterocycles. The van der Waals surface area contributed by atoms with E-state index in [0.717, 1.165) is 4.47 Å². The Hall–Kier alpha value is -1.88. The molecule has 0 aliphatic heterocycles. The molecule has 2 amide bonds. The van der Waals surface area contributed by atoms with Crippen LogP contribution >= 0.6 is 15.9 Å². The Labute approximate surface area is 144 Å². The molecule has 0 atom stereocenters. The monoisotopic (exact) mass is 378 g/mol. The SMILES string of the molecule is CC(C)(C)c1ccc(NC(=O)NCc2cc(Br)ccc2F)cc1. The zero-order chi connectivity index (χ0) is 17.0. The summed E-state index contributed by atoms with van der Waals surface area (Å²) in [6.07, 6.45) is 0. The van der Waals surface area contributed by atoms with Crippen LogP contribution < -0.4 is 10.6 Å². The lowest BCUT2D eigenvalue weighted by Gasteiger charge is -2.19. The molecule has 2 rings (SSSR count). The predicted molar refractivity (Wildman–Crippen MR) is 95.1 cm³/mol. The molecule has 122 valence electrons. The van der Waals surface area contributed by atoms with Crippen LogP contribution in [0, 0.1) is 5.82 Å². The summed E-state index contributed by atoms with van der Waals surface area (Å²) in [6, 6.07) is 12.0. The van der Waals surface area contributed by atoms with Gasteiger partial charge in [0.2, 0.25) is 0 Å². The highest BCUT2D eigenvalue weighted by Crippen LogP contribution is 2.23. The van der Waals surface area contributed by atoms with Crippen molar-refractivity contribution in [2.75, 3.05) is 5.32 Å². The Bertz CT molecular complexity index is 693. The fourth-order valence-electron chi connectivity index (χ4n) is 2.08. The lowest BCUT2D eigenvalue weighted by Crippen LogP contribution is -2.28. The number of hydrogen-bond donors (Lipinski definition) is 2. The summed E-state index contributed by atoms with van der Waals surface area (Å²) in [7, 11) is 0. The van der Waals surface area contributed by atoms with Crippen LogP contribution in [0.15, 0.2) is 46.9 Å². The molecule has 0 spiro atoms. The highest BCUT2D eigenvalue weighted by atomic mass is 79.9. The van der Waals surface area contributed by atoms with E-state index in [9.17, 15) is 9.18 Å². The topological polar surface area (TPSA) is 41.1 Å². The Morgan fingerprint density at radius 3 is 2.39 bits per heavy atom. The van der Waals surface area contributed by atoms with Crippen molar-refractivity contribution in [3.05, 3.63) is 63.9 Å². The summed E-state index contributed by atoms with van der Waals surface area (Å²) in [5.74, 6) is -0.344. The second-order valence-corrected chi connectivity index (χ2v) is 7.29. The summed E-state index contributed by atoms with van der Waals surface area (Å²) in [6.45, 7) is 6.52. The molecule has 23 heavy (non-hydrogen) atoms. The second-order valence-electron chi connectivity index (χ2n) is 6.37. The van der Waals surface area contributed by atoms with E-state index in [1.54, 1.807) is 12.1 Å². The molecule has 0 saturated heterocycles. The van der Waals surface area contributed by atoms with E-state index >= 15 is 0 Å². The predicted octanol–water partition coefficient (Wildman–Crippen LogP) is 5.21. The van der Waals surface area contributed by atoms with E-state index in [2.05, 4.69) is 47.3 Å². The summed E-state index contributed by atoms with van der Waals surface area (Å²) >= 11 is 3.28. The van der Waals surface area contributed by atoms with Crippen LogP contribution in [0.3, 0.4) is 0 Å². The van der Waals surface area contributed by atoms with Crippen molar-refractivity contribution in [3.8, 4) is 0 Å². The zero-order valence-corrected chi connectivity index (χ0v) is 15.0. The molecule has 0 saturated carbocycles. The molecule has 0 bridgehead atoms. The van der Waals surface area contributed by atoms with Gasteiger partial charge in [-0.1, -0.05) is 48.8 Å². The van der Waals surface area contributed by atoms with Gasteiger partial charge < -0.3 is 10.6 Å². The molecule has 2 N–H and O–H groups in total. The molecule has 0 unspecified atom stereocenters. The van der Waals surface area contributed by atoms with Gasteiger partial charge in [0, 0.05) is 22.3 Å². The minimum Gasteiger partial charge on any atom is -0.334 e. The van der Waals surface area contributed by atoms with E-state index in [1.165, 1.54) is 11.6 Å². The van der Waals surface area contributed by atoms with E-state index in [4.69, 9.17) is 0 Å². The maximum Gasteiger partial charge on any atom is 0.319 e. The maximum atomic E-state index is 13.6. The molecule has 5 heteroatoms. The number of carbonyl (C=O) groups is 1. The molecule has 2 aromatic rings. The van der Waals surface area contributed by atoms with Gasteiger partial charge in [0.25, 0.3) is 0 Å². The average molecular weight is 379 g/mol. The standard InChI is InChI=1S/C18H20BrFN2O/c1-18(2,3)13-4-7-15(8-5-13)22-17(23)21-11-12-10-14(19)6-9-16(12)20/h4-10H,11H2,1-3H3,(H2,21,22,23). The molecular weight excluding hydrogens is 359 g/mol. The van der Waals surface area contributed by atoms with Crippen LogP contribution in [0.5, 0.6) is 0 Å². The first-order valence-corrected chi connectivity index (χ1v) is 8.14. The Morgan fingerprint density at radius 2 is 1.78 bits per heavy atom. The molecule has 0 aromatic heterocycles. The molecule has 3 nitrogen and oxygen atoms in total. The van der Waals surface area contributed by atoms with Gasteiger partial charge in [-0.05, 0) is 41.3 Å². The van der Waals surface area contributed by atoms with Crippen molar-refractivity contribution >= 4 is 27.6 Å². The smallest absolute Gasteiger partial charge is 0.319 e. The van der Waals surface area contributed by atoms with Gasteiger partial charge in [-0.25, -0.2) is 9.18 Å². The summed E-state index contributed by atoms with van der Waals surface area (Å²) in [4.78, 5) is 11.9. The van der Waals surface area contributed by atoms with Gasteiger partial charge in [0.15, 0.2) is 0 Å². The molecule has 2 aromatic carbocycles. The Kier molecular flexibility index (Phi) is 5.42. The third-order valence-corrected chi connectivity index (χ3v) is 3.95. The lowest BCUT2D eigenvalue weighted by atomic mass is 9.87. The number of rotatable bonds is 3. The fourth-order valence-corrected chi connectivity index (χ4v) is 2.49. The number of anilines is 1. The van der Waals surface area contributed by atoms with Crippen LogP contribution in [0.1, 0.15) is 31.9 Å². The van der Waals surface area contributed by atoms with E-state index < -0.39 is 0 Å². The first-order chi connectivity index (χ1) is 10.8. The molecule has 0 radical (unpaired) electrons. The van der Waals surface area contributed by atoms with Gasteiger partial charge >= 0.3 is 6.03 Å². The maximum absolute atomic E-state index is 13.6. The minimum atomic E-state index is -0.368.